The second kappa shape index (κ2) is 7.78. The van der Waals surface area contributed by atoms with Crippen LogP contribution in [-0.4, -0.2) is 34.2 Å². The molecule has 0 unspecified atom stereocenters. The van der Waals surface area contributed by atoms with Gasteiger partial charge < -0.3 is 9.47 Å². The van der Waals surface area contributed by atoms with E-state index in [-0.39, 0.29) is 5.69 Å². The fourth-order valence-corrected chi connectivity index (χ4v) is 2.59. The van der Waals surface area contributed by atoms with Gasteiger partial charge in [-0.15, -0.1) is 5.10 Å². The molecule has 1 aromatic carbocycles. The van der Waals surface area contributed by atoms with Crippen LogP contribution in [0.5, 0.6) is 11.5 Å². The van der Waals surface area contributed by atoms with Crippen molar-refractivity contribution in [1.29, 1.82) is 0 Å². The highest BCUT2D eigenvalue weighted by atomic mass is 32.2. The predicted molar refractivity (Wildman–Crippen MR) is 82.4 cm³/mol. The van der Waals surface area contributed by atoms with Gasteiger partial charge in [0.2, 0.25) is 0 Å². The first-order valence-electron chi connectivity index (χ1n) is 6.79. The first kappa shape index (κ1) is 15.5. The van der Waals surface area contributed by atoms with Crippen LogP contribution < -0.4 is 15.2 Å². The Bertz CT molecular complexity index is 607. The SMILES string of the molecule is CCCn1c(SCCOc2ccc(OC)cc2)n[nH]c1=O. The van der Waals surface area contributed by atoms with Crippen molar-refractivity contribution in [3.63, 3.8) is 0 Å². The van der Waals surface area contributed by atoms with Gasteiger partial charge >= 0.3 is 5.69 Å². The van der Waals surface area contributed by atoms with Gasteiger partial charge in [-0.05, 0) is 30.7 Å². The number of hydrogen-bond donors (Lipinski definition) is 1. The smallest absolute Gasteiger partial charge is 0.343 e. The summed E-state index contributed by atoms with van der Waals surface area (Å²) in [6.07, 6.45) is 0.898. The van der Waals surface area contributed by atoms with E-state index in [1.54, 1.807) is 11.7 Å². The van der Waals surface area contributed by atoms with E-state index < -0.39 is 0 Å². The van der Waals surface area contributed by atoms with Gasteiger partial charge in [0.05, 0.1) is 13.7 Å². The van der Waals surface area contributed by atoms with Crippen molar-refractivity contribution in [1.82, 2.24) is 14.8 Å². The summed E-state index contributed by atoms with van der Waals surface area (Å²) in [7, 11) is 1.63. The molecule has 0 aliphatic heterocycles. The number of hydrogen-bond acceptors (Lipinski definition) is 5. The molecule has 0 fully saturated rings. The lowest BCUT2D eigenvalue weighted by molar-refractivity contribution is 0.342. The van der Waals surface area contributed by atoms with E-state index in [9.17, 15) is 4.79 Å². The summed E-state index contributed by atoms with van der Waals surface area (Å²) in [5.41, 5.74) is -0.157. The zero-order valence-electron chi connectivity index (χ0n) is 12.2. The molecular formula is C14H19N3O3S. The molecule has 1 aromatic heterocycles. The average molecular weight is 309 g/mol. The molecule has 0 atom stereocenters. The van der Waals surface area contributed by atoms with Crippen molar-refractivity contribution in [2.24, 2.45) is 0 Å². The van der Waals surface area contributed by atoms with E-state index in [0.29, 0.717) is 18.3 Å². The zero-order valence-corrected chi connectivity index (χ0v) is 13.0. The first-order chi connectivity index (χ1) is 10.2. The van der Waals surface area contributed by atoms with Crippen LogP contribution in [0.2, 0.25) is 0 Å². The topological polar surface area (TPSA) is 69.1 Å². The Morgan fingerprint density at radius 3 is 2.67 bits per heavy atom. The van der Waals surface area contributed by atoms with E-state index in [0.717, 1.165) is 23.7 Å². The zero-order chi connectivity index (χ0) is 15.1. The van der Waals surface area contributed by atoms with E-state index in [1.165, 1.54) is 11.8 Å². The Balaban J connectivity index is 1.80. The minimum Gasteiger partial charge on any atom is -0.497 e. The second-order valence-corrected chi connectivity index (χ2v) is 5.40. The second-order valence-electron chi connectivity index (χ2n) is 4.34. The van der Waals surface area contributed by atoms with E-state index in [1.807, 2.05) is 31.2 Å². The highest BCUT2D eigenvalue weighted by Gasteiger charge is 2.07. The van der Waals surface area contributed by atoms with E-state index in [4.69, 9.17) is 9.47 Å². The molecular weight excluding hydrogens is 290 g/mol. The number of rotatable bonds is 8. The van der Waals surface area contributed by atoms with Crippen LogP contribution >= 0.6 is 11.8 Å². The standard InChI is InChI=1S/C14H19N3O3S/c1-3-8-17-13(18)15-16-14(17)21-10-9-20-12-6-4-11(19-2)5-7-12/h4-7H,3,8-10H2,1-2H3,(H,15,18). The summed E-state index contributed by atoms with van der Waals surface area (Å²) < 4.78 is 12.4. The first-order valence-corrected chi connectivity index (χ1v) is 7.78. The Hall–Kier alpha value is -1.89. The number of aromatic nitrogens is 3. The maximum Gasteiger partial charge on any atom is 0.343 e. The Kier molecular flexibility index (Phi) is 5.74. The van der Waals surface area contributed by atoms with Gasteiger partial charge in [-0.25, -0.2) is 9.89 Å². The molecule has 2 aromatic rings. The maximum atomic E-state index is 11.5. The summed E-state index contributed by atoms with van der Waals surface area (Å²) in [6.45, 7) is 3.25. The lowest BCUT2D eigenvalue weighted by atomic mass is 10.3. The molecule has 0 saturated carbocycles. The van der Waals surface area contributed by atoms with Crippen LogP contribution in [0.4, 0.5) is 0 Å². The summed E-state index contributed by atoms with van der Waals surface area (Å²) in [6, 6.07) is 7.44. The van der Waals surface area contributed by atoms with Crippen LogP contribution in [0.3, 0.4) is 0 Å². The van der Waals surface area contributed by atoms with Crippen LogP contribution in [0.1, 0.15) is 13.3 Å². The monoisotopic (exact) mass is 309 g/mol. The van der Waals surface area contributed by atoms with Crippen molar-refractivity contribution in [3.05, 3.63) is 34.7 Å². The van der Waals surface area contributed by atoms with Crippen LogP contribution in [0, 0.1) is 0 Å². The number of benzene rings is 1. The molecule has 0 bridgehead atoms. The predicted octanol–water partition coefficient (Wildman–Crippen LogP) is 2.16. The van der Waals surface area contributed by atoms with Crippen LogP contribution in [0.15, 0.2) is 34.2 Å². The lowest BCUT2D eigenvalue weighted by Gasteiger charge is -2.07. The third-order valence-corrected chi connectivity index (χ3v) is 3.75. The molecule has 0 radical (unpaired) electrons. The number of methoxy groups -OCH3 is 1. The minimum absolute atomic E-state index is 0.157. The fourth-order valence-electron chi connectivity index (χ4n) is 1.80. The molecule has 0 aliphatic carbocycles. The summed E-state index contributed by atoms with van der Waals surface area (Å²) in [4.78, 5) is 11.5. The van der Waals surface area contributed by atoms with Gasteiger partial charge in [-0.3, -0.25) is 4.57 Å². The number of aromatic amines is 1. The van der Waals surface area contributed by atoms with Gasteiger partial charge in [-0.1, -0.05) is 18.7 Å². The summed E-state index contributed by atoms with van der Waals surface area (Å²) in [5, 5.41) is 7.20. The third kappa shape index (κ3) is 4.29. The van der Waals surface area contributed by atoms with Gasteiger partial charge in [-0.2, -0.15) is 0 Å². The van der Waals surface area contributed by atoms with Gasteiger partial charge in [0.15, 0.2) is 5.16 Å². The number of thioether (sulfide) groups is 1. The van der Waals surface area contributed by atoms with Crippen molar-refractivity contribution in [2.45, 2.75) is 25.0 Å². The normalized spacial score (nSPS) is 10.6. The van der Waals surface area contributed by atoms with Crippen molar-refractivity contribution < 1.29 is 9.47 Å². The molecule has 2 rings (SSSR count). The molecule has 1 heterocycles. The lowest BCUT2D eigenvalue weighted by Crippen LogP contribution is -2.17. The van der Waals surface area contributed by atoms with Gasteiger partial charge in [0, 0.05) is 12.3 Å². The number of nitrogens with zero attached hydrogens (tertiary/aromatic N) is 2. The molecule has 21 heavy (non-hydrogen) atoms. The molecule has 114 valence electrons. The van der Waals surface area contributed by atoms with Gasteiger partial charge in [0.25, 0.3) is 0 Å². The summed E-state index contributed by atoms with van der Waals surface area (Å²) in [5.74, 6) is 2.32. The van der Waals surface area contributed by atoms with Crippen LogP contribution in [0.25, 0.3) is 0 Å². The number of ether oxygens (including phenoxy) is 2. The molecule has 0 amide bonds. The Morgan fingerprint density at radius 2 is 2.00 bits per heavy atom. The van der Waals surface area contributed by atoms with Crippen molar-refractivity contribution >= 4 is 11.8 Å². The minimum atomic E-state index is -0.157. The number of H-pyrrole nitrogens is 1. The highest BCUT2D eigenvalue weighted by Crippen LogP contribution is 2.18. The van der Waals surface area contributed by atoms with E-state index >= 15 is 0 Å². The molecule has 0 saturated heterocycles. The van der Waals surface area contributed by atoms with Gasteiger partial charge in [0.1, 0.15) is 11.5 Å². The largest absolute Gasteiger partial charge is 0.497 e. The number of nitrogens with one attached hydrogen (secondary N) is 1. The average Bonchev–Trinajstić information content (AvgIpc) is 2.86. The van der Waals surface area contributed by atoms with Crippen molar-refractivity contribution in [2.75, 3.05) is 19.5 Å². The molecule has 6 nitrogen and oxygen atoms in total. The quantitative estimate of drug-likeness (QED) is 0.598. The fraction of sp³-hybridized carbons (Fsp3) is 0.429. The van der Waals surface area contributed by atoms with Crippen LogP contribution in [-0.2, 0) is 6.54 Å². The Labute approximate surface area is 127 Å². The Morgan fingerprint density at radius 1 is 1.29 bits per heavy atom. The summed E-state index contributed by atoms with van der Waals surface area (Å²) >= 11 is 1.51. The van der Waals surface area contributed by atoms with Crippen molar-refractivity contribution in [3.8, 4) is 11.5 Å². The molecule has 1 N–H and O–H groups in total. The molecule has 0 spiro atoms. The molecule has 7 heteroatoms. The third-order valence-electron chi connectivity index (χ3n) is 2.81. The highest BCUT2D eigenvalue weighted by molar-refractivity contribution is 7.99. The molecule has 0 aliphatic rings. The van der Waals surface area contributed by atoms with E-state index in [2.05, 4.69) is 10.2 Å². The maximum absolute atomic E-state index is 11.5.